The Morgan fingerprint density at radius 2 is 1.74 bits per heavy atom. The summed E-state index contributed by atoms with van der Waals surface area (Å²) in [4.78, 5) is 37.9. The van der Waals surface area contributed by atoms with Gasteiger partial charge in [0.2, 0.25) is 6.79 Å². The zero-order valence-electron chi connectivity index (χ0n) is 17.7. The number of carbonyl (C=O) groups is 2. The number of benzene rings is 3. The summed E-state index contributed by atoms with van der Waals surface area (Å²) < 4.78 is 24.1. The topological polar surface area (TPSA) is 139 Å². The largest absolute Gasteiger partial charge is 0.507 e. The standard InChI is InChI=1S/C24H15FN2O8/c25-14-3-5-15(6-4-14)26-21(12-1-7-17(28)16(9-12)27(32)33)20(23(30)24(26)31)22(29)13-2-8-18-19(10-13)35-11-34-18/h1-10,21,28-29H,11H2/b22-20+. The van der Waals surface area contributed by atoms with Gasteiger partial charge in [-0.15, -0.1) is 0 Å². The van der Waals surface area contributed by atoms with Gasteiger partial charge in [-0.1, -0.05) is 6.07 Å². The number of aliphatic hydroxyl groups excluding tert-OH is 1. The van der Waals surface area contributed by atoms with Gasteiger partial charge in [0.15, 0.2) is 17.2 Å². The van der Waals surface area contributed by atoms with Crippen LogP contribution < -0.4 is 14.4 Å². The number of ketones is 1. The summed E-state index contributed by atoms with van der Waals surface area (Å²) in [5.74, 6) is -3.08. The van der Waals surface area contributed by atoms with Crippen LogP contribution in [0.2, 0.25) is 0 Å². The van der Waals surface area contributed by atoms with Gasteiger partial charge in [-0.2, -0.15) is 0 Å². The number of rotatable bonds is 4. The third kappa shape index (κ3) is 3.59. The molecule has 1 fully saturated rings. The maximum absolute atomic E-state index is 13.5. The normalized spacial score (nSPS) is 18.2. The fraction of sp³-hybridized carbons (Fsp3) is 0.0833. The van der Waals surface area contributed by atoms with E-state index in [9.17, 15) is 34.3 Å². The Morgan fingerprint density at radius 3 is 2.46 bits per heavy atom. The van der Waals surface area contributed by atoms with Crippen LogP contribution in [0, 0.1) is 15.9 Å². The predicted molar refractivity (Wildman–Crippen MR) is 119 cm³/mol. The van der Waals surface area contributed by atoms with Crippen LogP contribution >= 0.6 is 0 Å². The highest BCUT2D eigenvalue weighted by atomic mass is 19.1. The van der Waals surface area contributed by atoms with Crippen LogP contribution in [0.3, 0.4) is 0 Å². The molecule has 0 spiro atoms. The Hall–Kier alpha value is -4.93. The van der Waals surface area contributed by atoms with E-state index in [0.717, 1.165) is 29.2 Å². The van der Waals surface area contributed by atoms with Crippen molar-refractivity contribution >= 4 is 28.8 Å². The van der Waals surface area contributed by atoms with Gasteiger partial charge in [0.1, 0.15) is 11.6 Å². The highest BCUT2D eigenvalue weighted by Crippen LogP contribution is 2.44. The fourth-order valence-electron chi connectivity index (χ4n) is 4.07. The molecule has 0 aromatic heterocycles. The number of nitrogens with zero attached hydrogens (tertiary/aromatic N) is 2. The van der Waals surface area contributed by atoms with Crippen molar-refractivity contribution in [3.63, 3.8) is 0 Å². The van der Waals surface area contributed by atoms with Gasteiger partial charge in [0.05, 0.1) is 16.5 Å². The van der Waals surface area contributed by atoms with E-state index in [-0.39, 0.29) is 29.2 Å². The summed E-state index contributed by atoms with van der Waals surface area (Å²) in [5.41, 5.74) is -0.669. The number of ether oxygens (including phenoxy) is 2. The zero-order chi connectivity index (χ0) is 24.9. The number of fused-ring (bicyclic) bond motifs is 1. The number of amides is 1. The number of halogens is 1. The predicted octanol–water partition coefficient (Wildman–Crippen LogP) is 3.79. The van der Waals surface area contributed by atoms with E-state index < -0.39 is 45.7 Å². The second-order valence-electron chi connectivity index (χ2n) is 7.72. The molecular weight excluding hydrogens is 463 g/mol. The first-order valence-electron chi connectivity index (χ1n) is 10.2. The van der Waals surface area contributed by atoms with E-state index in [1.807, 2.05) is 0 Å². The molecule has 2 aliphatic rings. The molecule has 1 saturated heterocycles. The maximum atomic E-state index is 13.5. The molecule has 3 aromatic rings. The van der Waals surface area contributed by atoms with Gasteiger partial charge in [-0.3, -0.25) is 24.6 Å². The summed E-state index contributed by atoms with van der Waals surface area (Å²) in [6.07, 6.45) is 0. The van der Waals surface area contributed by atoms with E-state index in [4.69, 9.17) is 9.47 Å². The van der Waals surface area contributed by atoms with Crippen LogP contribution in [-0.2, 0) is 9.59 Å². The minimum atomic E-state index is -1.31. The quantitative estimate of drug-likeness (QED) is 0.190. The molecule has 0 aliphatic carbocycles. The molecule has 3 aromatic carbocycles. The number of phenols is 1. The van der Waals surface area contributed by atoms with Gasteiger partial charge >= 0.3 is 5.69 Å². The van der Waals surface area contributed by atoms with E-state index >= 15 is 0 Å². The maximum Gasteiger partial charge on any atom is 0.311 e. The van der Waals surface area contributed by atoms with Crippen LogP contribution in [0.25, 0.3) is 5.76 Å². The SMILES string of the molecule is O=C1C(=O)N(c2ccc(F)cc2)C(c2ccc(O)c([N+](=O)[O-])c2)/C1=C(\O)c1ccc2c(c1)OCO2. The number of aliphatic hydroxyl groups is 1. The highest BCUT2D eigenvalue weighted by Gasteiger charge is 2.47. The first-order valence-corrected chi connectivity index (χ1v) is 10.2. The number of nitro benzene ring substituents is 1. The summed E-state index contributed by atoms with van der Waals surface area (Å²) in [6.45, 7) is -0.0221. The molecule has 0 radical (unpaired) electrons. The Morgan fingerprint density at radius 1 is 1.03 bits per heavy atom. The van der Waals surface area contributed by atoms with Crippen molar-refractivity contribution < 1.29 is 38.6 Å². The molecule has 1 unspecified atom stereocenters. The lowest BCUT2D eigenvalue weighted by Gasteiger charge is -2.25. The van der Waals surface area contributed by atoms with Crippen LogP contribution in [-0.4, -0.2) is 33.6 Å². The minimum absolute atomic E-state index is 0.0221. The van der Waals surface area contributed by atoms with Gasteiger partial charge < -0.3 is 19.7 Å². The molecule has 176 valence electrons. The van der Waals surface area contributed by atoms with Crippen LogP contribution in [0.4, 0.5) is 15.8 Å². The molecule has 1 amide bonds. The minimum Gasteiger partial charge on any atom is -0.507 e. The van der Waals surface area contributed by atoms with Crippen molar-refractivity contribution in [1.82, 2.24) is 0 Å². The molecule has 11 heteroatoms. The van der Waals surface area contributed by atoms with Crippen LogP contribution in [0.1, 0.15) is 17.2 Å². The summed E-state index contributed by atoms with van der Waals surface area (Å²) in [6, 6.07) is 11.2. The van der Waals surface area contributed by atoms with Crippen molar-refractivity contribution in [2.45, 2.75) is 6.04 Å². The molecule has 10 nitrogen and oxygen atoms in total. The lowest BCUT2D eigenvalue weighted by Crippen LogP contribution is -2.29. The third-order valence-electron chi connectivity index (χ3n) is 5.71. The van der Waals surface area contributed by atoms with Gasteiger partial charge in [0, 0.05) is 17.3 Å². The first kappa shape index (κ1) is 21.9. The fourth-order valence-corrected chi connectivity index (χ4v) is 4.07. The molecular formula is C24H15FN2O8. The van der Waals surface area contributed by atoms with E-state index in [1.165, 1.54) is 36.4 Å². The number of hydrogen-bond acceptors (Lipinski definition) is 8. The lowest BCUT2D eigenvalue weighted by molar-refractivity contribution is -0.385. The van der Waals surface area contributed by atoms with Crippen molar-refractivity contribution in [1.29, 1.82) is 0 Å². The number of aromatic hydroxyl groups is 1. The molecule has 2 N–H and O–H groups in total. The average molecular weight is 478 g/mol. The van der Waals surface area contributed by atoms with Crippen LogP contribution in [0.15, 0.2) is 66.2 Å². The first-order chi connectivity index (χ1) is 16.8. The Labute approximate surface area is 196 Å². The summed E-state index contributed by atoms with van der Waals surface area (Å²) >= 11 is 0. The second kappa shape index (κ2) is 8.13. The Kier molecular flexibility index (Phi) is 5.09. The van der Waals surface area contributed by atoms with Gasteiger partial charge in [-0.05, 0) is 54.1 Å². The number of phenolic OH excluding ortho intramolecular Hbond substituents is 1. The lowest BCUT2D eigenvalue weighted by atomic mass is 9.94. The Bertz CT molecular complexity index is 1430. The number of carbonyl (C=O) groups excluding carboxylic acids is 2. The van der Waals surface area contributed by atoms with Crippen molar-refractivity contribution in [2.75, 3.05) is 11.7 Å². The number of nitro groups is 1. The van der Waals surface area contributed by atoms with Crippen molar-refractivity contribution in [3.8, 4) is 17.2 Å². The molecule has 35 heavy (non-hydrogen) atoms. The molecule has 0 saturated carbocycles. The highest BCUT2D eigenvalue weighted by molar-refractivity contribution is 6.51. The molecule has 1 atom stereocenters. The van der Waals surface area contributed by atoms with Crippen molar-refractivity contribution in [2.24, 2.45) is 0 Å². The second-order valence-corrected chi connectivity index (χ2v) is 7.72. The van der Waals surface area contributed by atoms with E-state index in [0.29, 0.717) is 11.5 Å². The van der Waals surface area contributed by atoms with Gasteiger partial charge in [-0.25, -0.2) is 4.39 Å². The summed E-state index contributed by atoms with van der Waals surface area (Å²) in [7, 11) is 0. The van der Waals surface area contributed by atoms with Gasteiger partial charge in [0.25, 0.3) is 11.7 Å². The van der Waals surface area contributed by atoms with Crippen molar-refractivity contribution in [3.05, 3.63) is 93.3 Å². The monoisotopic (exact) mass is 478 g/mol. The smallest absolute Gasteiger partial charge is 0.311 e. The third-order valence-corrected chi connectivity index (χ3v) is 5.71. The zero-order valence-corrected chi connectivity index (χ0v) is 17.7. The number of Topliss-reactive ketones (excluding diaryl/α,β-unsaturated/α-hetero) is 1. The molecule has 2 aliphatic heterocycles. The van der Waals surface area contributed by atoms with E-state index in [2.05, 4.69) is 0 Å². The summed E-state index contributed by atoms with van der Waals surface area (Å²) in [5, 5.41) is 32.5. The molecule has 0 bridgehead atoms. The molecule has 5 rings (SSSR count). The Balaban J connectivity index is 1.73. The number of hydrogen-bond donors (Lipinski definition) is 2. The number of anilines is 1. The van der Waals surface area contributed by atoms with E-state index in [1.54, 1.807) is 0 Å². The van der Waals surface area contributed by atoms with Crippen LogP contribution in [0.5, 0.6) is 17.2 Å². The average Bonchev–Trinajstić information content (AvgIpc) is 3.41. The molecule has 2 heterocycles.